The number of carboxylic acid groups (broad SMARTS) is 1. The Morgan fingerprint density at radius 1 is 1.37 bits per heavy atom. The van der Waals surface area contributed by atoms with Gasteiger partial charge in [-0.1, -0.05) is 18.2 Å². The quantitative estimate of drug-likeness (QED) is 0.792. The predicted molar refractivity (Wildman–Crippen MR) is 66.9 cm³/mol. The maximum absolute atomic E-state index is 11.1. The van der Waals surface area contributed by atoms with Gasteiger partial charge in [0.25, 0.3) is 0 Å². The van der Waals surface area contributed by atoms with Crippen molar-refractivity contribution in [3.8, 4) is 0 Å². The number of esters is 1. The fourth-order valence-electron chi connectivity index (χ4n) is 1.81. The van der Waals surface area contributed by atoms with E-state index in [1.165, 1.54) is 7.11 Å². The fraction of sp³-hybridized carbons (Fsp3) is 0.231. The molecule has 0 bridgehead atoms. The SMILES string of the molecule is COC(=O)CNCc1c(C(=O)O)oc2ccccc12. The van der Waals surface area contributed by atoms with E-state index in [1.54, 1.807) is 24.3 Å². The second-order valence-corrected chi connectivity index (χ2v) is 3.89. The van der Waals surface area contributed by atoms with Gasteiger partial charge in [-0.2, -0.15) is 0 Å². The molecule has 0 aliphatic rings. The largest absolute Gasteiger partial charge is 0.475 e. The van der Waals surface area contributed by atoms with Gasteiger partial charge in [-0.05, 0) is 6.07 Å². The van der Waals surface area contributed by atoms with Crippen molar-refractivity contribution in [2.75, 3.05) is 13.7 Å². The second kappa shape index (κ2) is 5.53. The molecule has 0 unspecified atom stereocenters. The van der Waals surface area contributed by atoms with Crippen LogP contribution in [0.15, 0.2) is 28.7 Å². The number of carbonyl (C=O) groups is 2. The van der Waals surface area contributed by atoms with Crippen molar-refractivity contribution in [1.82, 2.24) is 5.32 Å². The lowest BCUT2D eigenvalue weighted by Crippen LogP contribution is -2.24. The third-order valence-corrected chi connectivity index (χ3v) is 2.69. The maximum atomic E-state index is 11.1. The van der Waals surface area contributed by atoms with Crippen LogP contribution in [0.3, 0.4) is 0 Å². The van der Waals surface area contributed by atoms with Crippen LogP contribution >= 0.6 is 0 Å². The van der Waals surface area contributed by atoms with Crippen molar-refractivity contribution >= 4 is 22.9 Å². The van der Waals surface area contributed by atoms with Crippen molar-refractivity contribution in [3.63, 3.8) is 0 Å². The highest BCUT2D eigenvalue weighted by molar-refractivity contribution is 5.95. The first kappa shape index (κ1) is 13.1. The van der Waals surface area contributed by atoms with E-state index in [0.717, 1.165) is 5.39 Å². The van der Waals surface area contributed by atoms with Crippen LogP contribution in [0.5, 0.6) is 0 Å². The minimum atomic E-state index is -1.13. The first-order valence-corrected chi connectivity index (χ1v) is 5.64. The average Bonchev–Trinajstić information content (AvgIpc) is 2.78. The van der Waals surface area contributed by atoms with Crippen molar-refractivity contribution < 1.29 is 23.8 Å². The van der Waals surface area contributed by atoms with Crippen LogP contribution < -0.4 is 5.32 Å². The summed E-state index contributed by atoms with van der Waals surface area (Å²) in [4.78, 5) is 22.1. The number of rotatable bonds is 5. The highest BCUT2D eigenvalue weighted by atomic mass is 16.5. The average molecular weight is 263 g/mol. The van der Waals surface area contributed by atoms with Gasteiger partial charge in [-0.15, -0.1) is 0 Å². The summed E-state index contributed by atoms with van der Waals surface area (Å²) in [5.41, 5.74) is 1.03. The molecule has 0 amide bonds. The van der Waals surface area contributed by atoms with Gasteiger partial charge in [0.15, 0.2) is 0 Å². The second-order valence-electron chi connectivity index (χ2n) is 3.89. The Morgan fingerprint density at radius 2 is 2.11 bits per heavy atom. The first-order valence-electron chi connectivity index (χ1n) is 5.64. The highest BCUT2D eigenvalue weighted by Crippen LogP contribution is 2.25. The highest BCUT2D eigenvalue weighted by Gasteiger charge is 2.19. The number of nitrogens with one attached hydrogen (secondary N) is 1. The summed E-state index contributed by atoms with van der Waals surface area (Å²) in [6.45, 7) is 0.225. The Hall–Kier alpha value is -2.34. The molecule has 6 heteroatoms. The van der Waals surface area contributed by atoms with Gasteiger partial charge in [0.2, 0.25) is 5.76 Å². The minimum absolute atomic E-state index is 0.00899. The number of methoxy groups -OCH3 is 1. The molecule has 1 aromatic heterocycles. The van der Waals surface area contributed by atoms with Gasteiger partial charge in [-0.25, -0.2) is 4.79 Å². The third kappa shape index (κ3) is 2.74. The van der Waals surface area contributed by atoms with E-state index in [9.17, 15) is 9.59 Å². The molecule has 2 N–H and O–H groups in total. The molecular weight excluding hydrogens is 250 g/mol. The maximum Gasteiger partial charge on any atom is 0.372 e. The molecule has 0 saturated carbocycles. The van der Waals surface area contributed by atoms with Crippen LogP contribution in [-0.4, -0.2) is 30.7 Å². The summed E-state index contributed by atoms with van der Waals surface area (Å²) in [7, 11) is 1.29. The van der Waals surface area contributed by atoms with Gasteiger partial charge in [0.1, 0.15) is 5.58 Å². The fourth-order valence-corrected chi connectivity index (χ4v) is 1.81. The number of furan rings is 1. The van der Waals surface area contributed by atoms with Gasteiger partial charge in [0, 0.05) is 17.5 Å². The van der Waals surface area contributed by atoms with Crippen molar-refractivity contribution in [2.45, 2.75) is 6.54 Å². The predicted octanol–water partition coefficient (Wildman–Crippen LogP) is 1.39. The molecule has 0 radical (unpaired) electrons. The molecule has 0 saturated heterocycles. The van der Waals surface area contributed by atoms with E-state index < -0.39 is 11.9 Å². The molecule has 100 valence electrons. The third-order valence-electron chi connectivity index (χ3n) is 2.69. The van der Waals surface area contributed by atoms with Crippen LogP contribution in [0, 0.1) is 0 Å². The normalized spacial score (nSPS) is 10.6. The van der Waals surface area contributed by atoms with E-state index in [2.05, 4.69) is 10.1 Å². The molecule has 0 aliphatic carbocycles. The molecule has 0 spiro atoms. The number of para-hydroxylation sites is 1. The molecule has 19 heavy (non-hydrogen) atoms. The van der Waals surface area contributed by atoms with E-state index in [-0.39, 0.29) is 18.8 Å². The Bertz CT molecular complexity index is 617. The van der Waals surface area contributed by atoms with Crippen LogP contribution in [-0.2, 0) is 16.1 Å². The lowest BCUT2D eigenvalue weighted by Gasteiger charge is -2.03. The minimum Gasteiger partial charge on any atom is -0.475 e. The Labute approximate surface area is 109 Å². The number of hydrogen-bond donors (Lipinski definition) is 2. The molecule has 0 atom stereocenters. The summed E-state index contributed by atoms with van der Waals surface area (Å²) < 4.78 is 9.78. The van der Waals surface area contributed by atoms with Crippen LogP contribution in [0.4, 0.5) is 0 Å². The van der Waals surface area contributed by atoms with Gasteiger partial charge >= 0.3 is 11.9 Å². The topological polar surface area (TPSA) is 88.8 Å². The summed E-state index contributed by atoms with van der Waals surface area (Å²) >= 11 is 0. The molecular formula is C13H13NO5. The number of benzene rings is 1. The summed E-state index contributed by atoms with van der Waals surface area (Å²) in [6.07, 6.45) is 0. The zero-order valence-electron chi connectivity index (χ0n) is 10.3. The Morgan fingerprint density at radius 3 is 2.79 bits per heavy atom. The number of aromatic carboxylic acids is 1. The van der Waals surface area contributed by atoms with Gasteiger partial charge in [-0.3, -0.25) is 4.79 Å². The lowest BCUT2D eigenvalue weighted by molar-refractivity contribution is -0.139. The van der Waals surface area contributed by atoms with Gasteiger partial charge in [0.05, 0.1) is 13.7 Å². The van der Waals surface area contributed by atoms with E-state index in [1.807, 2.05) is 0 Å². The molecule has 1 heterocycles. The number of carboxylic acids is 1. The zero-order valence-corrected chi connectivity index (χ0v) is 10.3. The number of ether oxygens (including phenoxy) is 1. The standard InChI is InChI=1S/C13H13NO5/c1-18-11(15)7-14-6-9-8-4-2-3-5-10(8)19-12(9)13(16)17/h2-5,14H,6-7H2,1H3,(H,16,17). The molecule has 2 aromatic rings. The van der Waals surface area contributed by atoms with Crippen LogP contribution in [0.25, 0.3) is 11.0 Å². The van der Waals surface area contributed by atoms with Crippen molar-refractivity contribution in [1.29, 1.82) is 0 Å². The zero-order chi connectivity index (χ0) is 13.8. The van der Waals surface area contributed by atoms with E-state index in [4.69, 9.17) is 9.52 Å². The van der Waals surface area contributed by atoms with E-state index >= 15 is 0 Å². The summed E-state index contributed by atoms with van der Waals surface area (Å²) in [5, 5.41) is 12.7. The number of fused-ring (bicyclic) bond motifs is 1. The molecule has 0 fully saturated rings. The monoisotopic (exact) mass is 263 g/mol. The molecule has 2 rings (SSSR count). The van der Waals surface area contributed by atoms with Crippen LogP contribution in [0.2, 0.25) is 0 Å². The molecule has 6 nitrogen and oxygen atoms in total. The smallest absolute Gasteiger partial charge is 0.372 e. The summed E-state index contributed by atoms with van der Waals surface area (Å²) in [6, 6.07) is 7.04. The molecule has 0 aliphatic heterocycles. The van der Waals surface area contributed by atoms with E-state index in [0.29, 0.717) is 11.1 Å². The lowest BCUT2D eigenvalue weighted by atomic mass is 10.1. The van der Waals surface area contributed by atoms with Crippen molar-refractivity contribution in [3.05, 3.63) is 35.6 Å². The van der Waals surface area contributed by atoms with Gasteiger partial charge < -0.3 is 19.6 Å². The van der Waals surface area contributed by atoms with Crippen molar-refractivity contribution in [2.24, 2.45) is 0 Å². The Balaban J connectivity index is 2.26. The van der Waals surface area contributed by atoms with Crippen LogP contribution in [0.1, 0.15) is 16.1 Å². The first-order chi connectivity index (χ1) is 9.13. The summed E-state index contributed by atoms with van der Waals surface area (Å²) in [5.74, 6) is -1.66. The number of carbonyl (C=O) groups excluding carboxylic acids is 1. The Kier molecular flexibility index (Phi) is 3.82. The number of hydrogen-bond acceptors (Lipinski definition) is 5. The molecule has 1 aromatic carbocycles.